The Labute approximate surface area is 185 Å². The van der Waals surface area contributed by atoms with E-state index in [9.17, 15) is 4.79 Å². The SMILES string of the molecule is CCc1ccc(CCNC(=O)c2ccc3nc(-c4c(Cl)cccc4Cl)[nH]c3c2)cc1. The fourth-order valence-electron chi connectivity index (χ4n) is 3.36. The highest BCUT2D eigenvalue weighted by molar-refractivity contribution is 6.39. The van der Waals surface area contributed by atoms with E-state index in [1.54, 1.807) is 30.3 Å². The van der Waals surface area contributed by atoms with Crippen molar-refractivity contribution < 1.29 is 4.79 Å². The van der Waals surface area contributed by atoms with Gasteiger partial charge < -0.3 is 10.3 Å². The molecule has 0 spiro atoms. The quantitative estimate of drug-likeness (QED) is 0.384. The monoisotopic (exact) mass is 437 g/mol. The second-order valence-corrected chi connectivity index (χ2v) is 7.90. The summed E-state index contributed by atoms with van der Waals surface area (Å²) in [5, 5.41) is 4.02. The van der Waals surface area contributed by atoms with Crippen LogP contribution in [0.5, 0.6) is 0 Å². The number of carbonyl (C=O) groups is 1. The number of rotatable bonds is 6. The fourth-order valence-corrected chi connectivity index (χ4v) is 3.93. The number of aromatic amines is 1. The highest BCUT2D eigenvalue weighted by atomic mass is 35.5. The predicted molar refractivity (Wildman–Crippen MR) is 123 cm³/mol. The van der Waals surface area contributed by atoms with Gasteiger partial charge in [-0.1, -0.05) is 60.5 Å². The maximum absolute atomic E-state index is 12.6. The molecule has 1 aromatic heterocycles. The molecule has 0 unspecified atom stereocenters. The Morgan fingerprint density at radius 3 is 2.40 bits per heavy atom. The third kappa shape index (κ3) is 4.35. The molecule has 1 heterocycles. The third-order valence-corrected chi connectivity index (χ3v) is 5.70. The lowest BCUT2D eigenvalue weighted by Crippen LogP contribution is -2.25. The number of amides is 1. The van der Waals surface area contributed by atoms with E-state index in [-0.39, 0.29) is 5.91 Å². The standard InChI is InChI=1S/C24H21Cl2N3O/c1-2-15-6-8-16(9-7-15)12-13-27-24(30)17-10-11-20-21(14-17)29-23(28-20)22-18(25)4-3-5-19(22)26/h3-11,14H,2,12-13H2,1H3,(H,27,30)(H,28,29). The lowest BCUT2D eigenvalue weighted by atomic mass is 10.1. The van der Waals surface area contributed by atoms with E-state index in [1.165, 1.54) is 11.1 Å². The summed E-state index contributed by atoms with van der Waals surface area (Å²) in [4.78, 5) is 20.4. The van der Waals surface area contributed by atoms with Crippen LogP contribution < -0.4 is 5.32 Å². The van der Waals surface area contributed by atoms with Crippen LogP contribution in [-0.4, -0.2) is 22.4 Å². The lowest BCUT2D eigenvalue weighted by Gasteiger charge is -2.06. The minimum atomic E-state index is -0.117. The Morgan fingerprint density at radius 2 is 1.70 bits per heavy atom. The molecule has 4 aromatic rings. The fraction of sp³-hybridized carbons (Fsp3) is 0.167. The molecule has 30 heavy (non-hydrogen) atoms. The van der Waals surface area contributed by atoms with Gasteiger partial charge >= 0.3 is 0 Å². The van der Waals surface area contributed by atoms with Crippen molar-refractivity contribution in [3.8, 4) is 11.4 Å². The van der Waals surface area contributed by atoms with Crippen molar-refractivity contribution in [2.75, 3.05) is 6.54 Å². The average molecular weight is 438 g/mol. The van der Waals surface area contributed by atoms with E-state index in [4.69, 9.17) is 23.2 Å². The van der Waals surface area contributed by atoms with Gasteiger partial charge in [0.15, 0.2) is 0 Å². The number of H-pyrrole nitrogens is 1. The molecule has 3 aromatic carbocycles. The first kappa shape index (κ1) is 20.5. The van der Waals surface area contributed by atoms with Crippen LogP contribution in [0.1, 0.15) is 28.4 Å². The van der Waals surface area contributed by atoms with Crippen molar-refractivity contribution >= 4 is 40.1 Å². The minimum absolute atomic E-state index is 0.117. The summed E-state index contributed by atoms with van der Waals surface area (Å²) in [5.41, 5.74) is 5.24. The van der Waals surface area contributed by atoms with Crippen LogP contribution in [0.25, 0.3) is 22.4 Å². The Kier molecular flexibility index (Phi) is 6.07. The molecule has 0 saturated carbocycles. The Balaban J connectivity index is 1.47. The van der Waals surface area contributed by atoms with Gasteiger partial charge in [0.05, 0.1) is 26.6 Å². The van der Waals surface area contributed by atoms with Gasteiger partial charge in [0, 0.05) is 12.1 Å². The van der Waals surface area contributed by atoms with Gasteiger partial charge in [-0.05, 0) is 54.3 Å². The van der Waals surface area contributed by atoms with Crippen molar-refractivity contribution in [1.29, 1.82) is 0 Å². The van der Waals surface area contributed by atoms with Crippen molar-refractivity contribution in [3.63, 3.8) is 0 Å². The molecule has 1 amide bonds. The predicted octanol–water partition coefficient (Wildman–Crippen LogP) is 6.07. The van der Waals surface area contributed by atoms with Crippen LogP contribution in [0.15, 0.2) is 60.7 Å². The molecule has 0 saturated heterocycles. The second-order valence-electron chi connectivity index (χ2n) is 7.09. The van der Waals surface area contributed by atoms with Crippen molar-refractivity contribution in [3.05, 3.63) is 87.4 Å². The zero-order chi connectivity index (χ0) is 21.1. The number of benzene rings is 3. The summed E-state index contributed by atoms with van der Waals surface area (Å²) in [6.07, 6.45) is 1.81. The molecular weight excluding hydrogens is 417 g/mol. The summed E-state index contributed by atoms with van der Waals surface area (Å²) < 4.78 is 0. The van der Waals surface area contributed by atoms with Crippen molar-refractivity contribution in [2.45, 2.75) is 19.8 Å². The Morgan fingerprint density at radius 1 is 1.00 bits per heavy atom. The van der Waals surface area contributed by atoms with Gasteiger partial charge in [0.25, 0.3) is 5.91 Å². The van der Waals surface area contributed by atoms with Crippen LogP contribution >= 0.6 is 23.2 Å². The topological polar surface area (TPSA) is 57.8 Å². The first-order chi connectivity index (χ1) is 14.5. The number of nitrogens with zero attached hydrogens (tertiary/aromatic N) is 1. The van der Waals surface area contributed by atoms with Crippen LogP contribution in [0, 0.1) is 0 Å². The molecule has 0 aliphatic rings. The molecule has 0 atom stereocenters. The number of carbonyl (C=O) groups excluding carboxylic acids is 1. The summed E-state index contributed by atoms with van der Waals surface area (Å²) in [6.45, 7) is 2.71. The number of hydrogen-bond acceptors (Lipinski definition) is 2. The smallest absolute Gasteiger partial charge is 0.251 e. The summed E-state index contributed by atoms with van der Waals surface area (Å²) >= 11 is 12.6. The molecular formula is C24H21Cl2N3O. The number of fused-ring (bicyclic) bond motifs is 1. The van der Waals surface area contributed by atoms with Gasteiger partial charge in [-0.3, -0.25) is 4.79 Å². The molecule has 6 heteroatoms. The summed E-state index contributed by atoms with van der Waals surface area (Å²) in [6, 6.07) is 19.2. The van der Waals surface area contributed by atoms with Crippen LogP contribution in [0.4, 0.5) is 0 Å². The summed E-state index contributed by atoms with van der Waals surface area (Å²) in [7, 11) is 0. The van der Waals surface area contributed by atoms with Crippen molar-refractivity contribution in [1.82, 2.24) is 15.3 Å². The molecule has 0 bridgehead atoms. The molecule has 0 radical (unpaired) electrons. The van der Waals surface area contributed by atoms with Crippen LogP contribution in [-0.2, 0) is 12.8 Å². The highest BCUT2D eigenvalue weighted by Gasteiger charge is 2.14. The van der Waals surface area contributed by atoms with E-state index in [0.717, 1.165) is 23.9 Å². The van der Waals surface area contributed by atoms with Crippen LogP contribution in [0.2, 0.25) is 10.0 Å². The molecule has 152 valence electrons. The highest BCUT2D eigenvalue weighted by Crippen LogP contribution is 2.33. The average Bonchev–Trinajstić information content (AvgIpc) is 3.16. The third-order valence-electron chi connectivity index (χ3n) is 5.07. The molecule has 0 aliphatic carbocycles. The zero-order valence-electron chi connectivity index (χ0n) is 16.5. The van der Waals surface area contributed by atoms with E-state index < -0.39 is 0 Å². The minimum Gasteiger partial charge on any atom is -0.352 e. The van der Waals surface area contributed by atoms with Crippen molar-refractivity contribution in [2.24, 2.45) is 0 Å². The van der Waals surface area contributed by atoms with Gasteiger partial charge in [0.1, 0.15) is 5.82 Å². The number of nitrogens with one attached hydrogen (secondary N) is 2. The van der Waals surface area contributed by atoms with Gasteiger partial charge in [0.2, 0.25) is 0 Å². The normalized spacial score (nSPS) is 11.0. The van der Waals surface area contributed by atoms with Gasteiger partial charge in [-0.2, -0.15) is 0 Å². The largest absolute Gasteiger partial charge is 0.352 e. The number of imidazole rings is 1. The Bertz CT molecular complexity index is 1180. The van der Waals surface area contributed by atoms with Crippen LogP contribution in [0.3, 0.4) is 0 Å². The number of aryl methyl sites for hydroxylation is 1. The van der Waals surface area contributed by atoms with Gasteiger partial charge in [-0.15, -0.1) is 0 Å². The molecule has 4 rings (SSSR count). The summed E-state index contributed by atoms with van der Waals surface area (Å²) in [5.74, 6) is 0.461. The van der Waals surface area contributed by atoms with E-state index in [2.05, 4.69) is 46.5 Å². The van der Waals surface area contributed by atoms with E-state index in [0.29, 0.717) is 33.5 Å². The Hall–Kier alpha value is -2.82. The first-order valence-corrected chi connectivity index (χ1v) is 10.6. The molecule has 2 N–H and O–H groups in total. The number of aromatic nitrogens is 2. The zero-order valence-corrected chi connectivity index (χ0v) is 18.0. The number of halogens is 2. The second kappa shape index (κ2) is 8.90. The molecule has 0 aliphatic heterocycles. The van der Waals surface area contributed by atoms with Gasteiger partial charge in [-0.25, -0.2) is 4.98 Å². The van der Waals surface area contributed by atoms with E-state index >= 15 is 0 Å². The maximum atomic E-state index is 12.6. The lowest BCUT2D eigenvalue weighted by molar-refractivity contribution is 0.0954. The first-order valence-electron chi connectivity index (χ1n) is 9.85. The maximum Gasteiger partial charge on any atom is 0.251 e. The van der Waals surface area contributed by atoms with E-state index in [1.807, 2.05) is 6.07 Å². The molecule has 4 nitrogen and oxygen atoms in total. The number of hydrogen-bond donors (Lipinski definition) is 2. The molecule has 0 fully saturated rings.